The van der Waals surface area contributed by atoms with Crippen molar-refractivity contribution in [2.24, 2.45) is 0 Å². The van der Waals surface area contributed by atoms with Gasteiger partial charge in [-0.2, -0.15) is 4.31 Å². The lowest BCUT2D eigenvalue weighted by Crippen LogP contribution is -2.30. The van der Waals surface area contributed by atoms with Crippen LogP contribution in [0.5, 0.6) is 11.5 Å². The first-order chi connectivity index (χ1) is 14.7. The van der Waals surface area contributed by atoms with Crippen LogP contribution in [0.2, 0.25) is 10.0 Å². The molecule has 8 nitrogen and oxygen atoms in total. The maximum Gasteiger partial charge on any atom is 0.243 e. The number of rotatable bonds is 10. The van der Waals surface area contributed by atoms with Crippen molar-refractivity contribution in [3.8, 4) is 11.5 Å². The Morgan fingerprint density at radius 2 is 1.65 bits per heavy atom. The van der Waals surface area contributed by atoms with Crippen molar-refractivity contribution in [2.45, 2.75) is 18.7 Å². The van der Waals surface area contributed by atoms with E-state index in [0.29, 0.717) is 40.3 Å². The quantitative estimate of drug-likeness (QED) is 0.521. The van der Waals surface area contributed by atoms with E-state index in [0.717, 1.165) is 0 Å². The van der Waals surface area contributed by atoms with E-state index < -0.39 is 15.9 Å². The van der Waals surface area contributed by atoms with Crippen LogP contribution in [0.15, 0.2) is 35.2 Å². The molecule has 0 aliphatic carbocycles. The number of hydrogen-bond donors (Lipinski definition) is 2. The zero-order valence-corrected chi connectivity index (χ0v) is 20.0. The fourth-order valence-electron chi connectivity index (χ4n) is 2.89. The third-order valence-corrected chi connectivity index (χ3v) is 7.05. The molecule has 0 spiro atoms. The predicted molar refractivity (Wildman–Crippen MR) is 123 cm³/mol. The van der Waals surface area contributed by atoms with Crippen molar-refractivity contribution >= 4 is 50.5 Å². The van der Waals surface area contributed by atoms with Gasteiger partial charge >= 0.3 is 0 Å². The van der Waals surface area contributed by atoms with E-state index in [1.54, 1.807) is 26.0 Å². The summed E-state index contributed by atoms with van der Waals surface area (Å²) in [6, 6.07) is 7.49. The summed E-state index contributed by atoms with van der Waals surface area (Å²) in [5, 5.41) is 6.18. The number of methoxy groups -OCH3 is 2. The van der Waals surface area contributed by atoms with Gasteiger partial charge in [0.05, 0.1) is 41.4 Å². The lowest BCUT2D eigenvalue weighted by Gasteiger charge is -2.19. The molecule has 170 valence electrons. The number of nitrogens with zero attached hydrogens (tertiary/aromatic N) is 1. The van der Waals surface area contributed by atoms with Crippen molar-refractivity contribution in [1.29, 1.82) is 0 Å². The van der Waals surface area contributed by atoms with Crippen molar-refractivity contribution in [1.82, 2.24) is 4.31 Å². The maximum absolute atomic E-state index is 12.8. The number of ether oxygens (including phenoxy) is 2. The summed E-state index contributed by atoms with van der Waals surface area (Å²) in [7, 11) is -0.799. The second kappa shape index (κ2) is 10.9. The van der Waals surface area contributed by atoms with Crippen molar-refractivity contribution in [2.75, 3.05) is 44.5 Å². The molecule has 2 aromatic rings. The van der Waals surface area contributed by atoms with Gasteiger partial charge < -0.3 is 20.1 Å². The average Bonchev–Trinajstić information content (AvgIpc) is 2.72. The van der Waals surface area contributed by atoms with Crippen LogP contribution < -0.4 is 20.1 Å². The smallest absolute Gasteiger partial charge is 0.243 e. The zero-order chi connectivity index (χ0) is 23.2. The van der Waals surface area contributed by atoms with Gasteiger partial charge in [-0.05, 0) is 30.3 Å². The molecule has 0 bridgehead atoms. The Bertz CT molecular complexity index is 1020. The average molecular weight is 490 g/mol. The standard InChI is InChI=1S/C20H25Cl2N3O5S/c1-5-25(6-2)31(27,28)14-7-8-18(29-3)17(11-14)24-19(26)12-23-13-9-15(21)20(30-4)16(22)10-13/h7-11,23H,5-6,12H2,1-4H3,(H,24,26). The van der Waals surface area contributed by atoms with E-state index in [1.807, 2.05) is 0 Å². The van der Waals surface area contributed by atoms with Crippen LogP contribution in [0.3, 0.4) is 0 Å². The van der Waals surface area contributed by atoms with Crippen LogP contribution >= 0.6 is 23.2 Å². The summed E-state index contributed by atoms with van der Waals surface area (Å²) in [6.07, 6.45) is 0. The molecule has 0 aliphatic rings. The fourth-order valence-corrected chi connectivity index (χ4v) is 5.02. The topological polar surface area (TPSA) is 97.0 Å². The number of halogens is 2. The first-order valence-electron chi connectivity index (χ1n) is 9.42. The second-order valence-electron chi connectivity index (χ2n) is 6.33. The fraction of sp³-hybridized carbons (Fsp3) is 0.350. The molecule has 2 aromatic carbocycles. The van der Waals surface area contributed by atoms with E-state index in [-0.39, 0.29) is 17.1 Å². The third kappa shape index (κ3) is 5.94. The first-order valence-corrected chi connectivity index (χ1v) is 11.6. The number of carbonyl (C=O) groups is 1. The van der Waals surface area contributed by atoms with E-state index in [2.05, 4.69) is 10.6 Å². The third-order valence-electron chi connectivity index (χ3n) is 4.44. The Morgan fingerprint density at radius 1 is 1.03 bits per heavy atom. The van der Waals surface area contributed by atoms with Crippen molar-refractivity contribution in [3.63, 3.8) is 0 Å². The van der Waals surface area contributed by atoms with Crippen LogP contribution in [0.1, 0.15) is 13.8 Å². The molecule has 0 unspecified atom stereocenters. The normalized spacial score (nSPS) is 11.3. The Morgan fingerprint density at radius 3 is 2.16 bits per heavy atom. The lowest BCUT2D eigenvalue weighted by molar-refractivity contribution is -0.114. The van der Waals surface area contributed by atoms with Crippen LogP contribution in [-0.2, 0) is 14.8 Å². The molecule has 0 aromatic heterocycles. The Balaban J connectivity index is 2.19. The van der Waals surface area contributed by atoms with Gasteiger partial charge in [0.15, 0.2) is 5.75 Å². The summed E-state index contributed by atoms with van der Waals surface area (Å²) in [6.45, 7) is 4.08. The van der Waals surface area contributed by atoms with E-state index in [4.69, 9.17) is 32.7 Å². The Hall–Kier alpha value is -2.20. The number of hydrogen-bond acceptors (Lipinski definition) is 6. The van der Waals surface area contributed by atoms with E-state index in [1.165, 1.54) is 36.7 Å². The number of sulfonamides is 1. The summed E-state index contributed by atoms with van der Waals surface area (Å²) in [5.74, 6) is 0.260. The van der Waals surface area contributed by atoms with Gasteiger partial charge in [-0.3, -0.25) is 4.79 Å². The SMILES string of the molecule is CCN(CC)S(=O)(=O)c1ccc(OC)c(NC(=O)CNc2cc(Cl)c(OC)c(Cl)c2)c1. The Labute approximate surface area is 192 Å². The lowest BCUT2D eigenvalue weighted by atomic mass is 10.2. The van der Waals surface area contributed by atoms with Crippen molar-refractivity contribution < 1.29 is 22.7 Å². The zero-order valence-electron chi connectivity index (χ0n) is 17.7. The molecule has 0 saturated carbocycles. The van der Waals surface area contributed by atoms with Gasteiger partial charge in [0.2, 0.25) is 15.9 Å². The van der Waals surface area contributed by atoms with Gasteiger partial charge in [0.25, 0.3) is 0 Å². The molecule has 0 aliphatic heterocycles. The molecular formula is C20H25Cl2N3O5S. The van der Waals surface area contributed by atoms with Gasteiger partial charge in [-0.15, -0.1) is 0 Å². The van der Waals surface area contributed by atoms with Crippen molar-refractivity contribution in [3.05, 3.63) is 40.4 Å². The van der Waals surface area contributed by atoms with Gasteiger partial charge in [-0.25, -0.2) is 8.42 Å². The van der Waals surface area contributed by atoms with Crippen LogP contribution in [0.25, 0.3) is 0 Å². The molecule has 0 heterocycles. The van der Waals surface area contributed by atoms with E-state index >= 15 is 0 Å². The largest absolute Gasteiger partial charge is 0.495 e. The van der Waals surface area contributed by atoms with Crippen LogP contribution in [0, 0.1) is 0 Å². The monoisotopic (exact) mass is 489 g/mol. The van der Waals surface area contributed by atoms with Crippen LogP contribution in [-0.4, -0.2) is 52.5 Å². The summed E-state index contributed by atoms with van der Waals surface area (Å²) in [4.78, 5) is 12.5. The molecule has 2 N–H and O–H groups in total. The summed E-state index contributed by atoms with van der Waals surface area (Å²) in [5.41, 5.74) is 0.768. The Kier molecular flexibility index (Phi) is 8.81. The van der Waals surface area contributed by atoms with Crippen LogP contribution in [0.4, 0.5) is 11.4 Å². The minimum Gasteiger partial charge on any atom is -0.495 e. The molecule has 0 saturated heterocycles. The maximum atomic E-state index is 12.8. The molecule has 0 radical (unpaired) electrons. The first kappa shape index (κ1) is 25.1. The minimum absolute atomic E-state index is 0.0639. The molecule has 0 fully saturated rings. The minimum atomic E-state index is -3.69. The molecule has 2 rings (SSSR count). The number of anilines is 2. The highest BCUT2D eigenvalue weighted by molar-refractivity contribution is 7.89. The highest BCUT2D eigenvalue weighted by Gasteiger charge is 2.23. The highest BCUT2D eigenvalue weighted by atomic mass is 35.5. The van der Waals surface area contributed by atoms with E-state index in [9.17, 15) is 13.2 Å². The van der Waals surface area contributed by atoms with Gasteiger partial charge in [0.1, 0.15) is 5.75 Å². The molecular weight excluding hydrogens is 465 g/mol. The summed E-state index contributed by atoms with van der Waals surface area (Å²) >= 11 is 12.2. The predicted octanol–water partition coefficient (Wildman–Crippen LogP) is 4.09. The summed E-state index contributed by atoms with van der Waals surface area (Å²) < 4.78 is 37.2. The molecule has 31 heavy (non-hydrogen) atoms. The number of nitrogens with one attached hydrogen (secondary N) is 2. The number of amides is 1. The number of carbonyl (C=O) groups excluding carboxylic acids is 1. The molecule has 11 heteroatoms. The van der Waals surface area contributed by atoms with Gasteiger partial charge in [-0.1, -0.05) is 37.0 Å². The molecule has 0 atom stereocenters. The number of benzene rings is 2. The molecule has 1 amide bonds. The van der Waals surface area contributed by atoms with Gasteiger partial charge in [0, 0.05) is 18.8 Å². The highest BCUT2D eigenvalue weighted by Crippen LogP contribution is 2.35. The second-order valence-corrected chi connectivity index (χ2v) is 9.08.